The number of amides is 1. The van der Waals surface area contributed by atoms with Crippen LogP contribution in [0.1, 0.15) is 6.92 Å². The number of nitrogens with zero attached hydrogens (tertiary/aromatic N) is 1. The van der Waals surface area contributed by atoms with Gasteiger partial charge in [0.15, 0.2) is 17.6 Å². The molecule has 1 unspecified atom stereocenters. The molecular weight excluding hydrogens is 288 g/mol. The van der Waals surface area contributed by atoms with Crippen LogP contribution >= 0.6 is 11.8 Å². The van der Waals surface area contributed by atoms with Crippen LogP contribution in [0, 0.1) is 0 Å². The Balaban J connectivity index is 1.61. The molecule has 3 rings (SSSR count). The fourth-order valence-corrected chi connectivity index (χ4v) is 3.48. The predicted octanol–water partition coefficient (Wildman–Crippen LogP) is 1.34. The van der Waals surface area contributed by atoms with E-state index in [0.717, 1.165) is 23.1 Å². The Morgan fingerprint density at radius 1 is 1.43 bits per heavy atom. The van der Waals surface area contributed by atoms with E-state index in [1.165, 1.54) is 0 Å². The second-order valence-electron chi connectivity index (χ2n) is 5.15. The van der Waals surface area contributed by atoms with Crippen LogP contribution in [0.5, 0.6) is 11.5 Å². The first kappa shape index (κ1) is 14.5. The second kappa shape index (κ2) is 6.58. The standard InChI is InChI=1S/C15H20N2O3S/c1-2-17(15(18)12-9-21-10-16-12)7-11-8-19-13-5-3-4-6-14(13)20-11/h3-6,11-12,16H,2,7-10H2,1H3/t11?,12-/m1/s1. The molecule has 2 atom stereocenters. The summed E-state index contributed by atoms with van der Waals surface area (Å²) in [5.41, 5.74) is 0. The zero-order valence-electron chi connectivity index (χ0n) is 12.1. The molecule has 1 amide bonds. The number of likely N-dealkylation sites (N-methyl/N-ethyl adjacent to an activating group) is 1. The van der Waals surface area contributed by atoms with Crippen LogP contribution in [0.4, 0.5) is 0 Å². The fraction of sp³-hybridized carbons (Fsp3) is 0.533. The first-order chi connectivity index (χ1) is 10.3. The van der Waals surface area contributed by atoms with Gasteiger partial charge in [0.1, 0.15) is 6.61 Å². The Morgan fingerprint density at radius 3 is 2.95 bits per heavy atom. The largest absolute Gasteiger partial charge is 0.486 e. The number of rotatable bonds is 4. The van der Waals surface area contributed by atoms with E-state index in [2.05, 4.69) is 5.32 Å². The average molecular weight is 308 g/mol. The van der Waals surface area contributed by atoms with E-state index in [-0.39, 0.29) is 18.1 Å². The summed E-state index contributed by atoms with van der Waals surface area (Å²) in [4.78, 5) is 14.3. The molecule has 0 saturated carbocycles. The number of hydrogen-bond donors (Lipinski definition) is 1. The number of thioether (sulfide) groups is 1. The van der Waals surface area contributed by atoms with Crippen molar-refractivity contribution in [3.8, 4) is 11.5 Å². The number of para-hydroxylation sites is 2. The van der Waals surface area contributed by atoms with Gasteiger partial charge in [0.2, 0.25) is 5.91 Å². The lowest BCUT2D eigenvalue weighted by Gasteiger charge is -2.31. The van der Waals surface area contributed by atoms with Crippen molar-refractivity contribution in [1.82, 2.24) is 10.2 Å². The van der Waals surface area contributed by atoms with Gasteiger partial charge in [-0.25, -0.2) is 0 Å². The minimum atomic E-state index is -0.113. The van der Waals surface area contributed by atoms with Crippen molar-refractivity contribution in [2.45, 2.75) is 19.1 Å². The highest BCUT2D eigenvalue weighted by molar-refractivity contribution is 7.99. The SMILES string of the molecule is CCN(CC1COc2ccccc2O1)C(=O)[C@H]1CSCN1. The van der Waals surface area contributed by atoms with Crippen molar-refractivity contribution in [3.63, 3.8) is 0 Å². The topological polar surface area (TPSA) is 50.8 Å². The van der Waals surface area contributed by atoms with Crippen molar-refractivity contribution < 1.29 is 14.3 Å². The molecule has 114 valence electrons. The maximum atomic E-state index is 12.4. The number of nitrogens with one attached hydrogen (secondary N) is 1. The van der Waals surface area contributed by atoms with Crippen molar-refractivity contribution >= 4 is 17.7 Å². The minimum absolute atomic E-state index is 0.0632. The van der Waals surface area contributed by atoms with Crippen molar-refractivity contribution in [2.75, 3.05) is 31.3 Å². The molecule has 1 fully saturated rings. The molecule has 0 aromatic heterocycles. The van der Waals surface area contributed by atoms with Crippen LogP contribution in [-0.4, -0.2) is 54.3 Å². The monoisotopic (exact) mass is 308 g/mol. The third kappa shape index (κ3) is 3.27. The molecule has 5 nitrogen and oxygen atoms in total. The molecule has 21 heavy (non-hydrogen) atoms. The molecule has 6 heteroatoms. The van der Waals surface area contributed by atoms with Gasteiger partial charge in [-0.2, -0.15) is 0 Å². The van der Waals surface area contributed by atoms with Crippen molar-refractivity contribution in [2.24, 2.45) is 0 Å². The van der Waals surface area contributed by atoms with Crippen LogP contribution in [0.3, 0.4) is 0 Å². The quantitative estimate of drug-likeness (QED) is 0.909. The number of benzene rings is 1. The van der Waals surface area contributed by atoms with Crippen LogP contribution < -0.4 is 14.8 Å². The van der Waals surface area contributed by atoms with Gasteiger partial charge in [-0.1, -0.05) is 12.1 Å². The lowest BCUT2D eigenvalue weighted by molar-refractivity contribution is -0.134. The fourth-order valence-electron chi connectivity index (χ4n) is 2.55. The number of carbonyl (C=O) groups is 1. The Kier molecular flexibility index (Phi) is 4.55. The Morgan fingerprint density at radius 2 is 2.24 bits per heavy atom. The zero-order chi connectivity index (χ0) is 14.7. The van der Waals surface area contributed by atoms with Crippen molar-refractivity contribution in [1.29, 1.82) is 0 Å². The third-order valence-corrected chi connectivity index (χ3v) is 4.64. The van der Waals surface area contributed by atoms with Crippen LogP contribution in [0.2, 0.25) is 0 Å². The summed E-state index contributed by atoms with van der Waals surface area (Å²) in [6.45, 7) is 3.72. The van der Waals surface area contributed by atoms with E-state index >= 15 is 0 Å². The average Bonchev–Trinajstić information content (AvgIpc) is 3.06. The van der Waals surface area contributed by atoms with Gasteiger partial charge in [0.05, 0.1) is 12.6 Å². The summed E-state index contributed by atoms with van der Waals surface area (Å²) in [5, 5.41) is 3.22. The van der Waals surface area contributed by atoms with Gasteiger partial charge >= 0.3 is 0 Å². The lowest BCUT2D eigenvalue weighted by atomic mass is 10.2. The van der Waals surface area contributed by atoms with E-state index in [4.69, 9.17) is 9.47 Å². The minimum Gasteiger partial charge on any atom is -0.486 e. The first-order valence-corrected chi connectivity index (χ1v) is 8.41. The van der Waals surface area contributed by atoms with Crippen LogP contribution in [-0.2, 0) is 4.79 Å². The van der Waals surface area contributed by atoms with Crippen LogP contribution in [0.15, 0.2) is 24.3 Å². The van der Waals surface area contributed by atoms with Gasteiger partial charge in [-0.3, -0.25) is 10.1 Å². The molecule has 2 heterocycles. The van der Waals surface area contributed by atoms with Gasteiger partial charge < -0.3 is 14.4 Å². The number of fused-ring (bicyclic) bond motifs is 1. The van der Waals surface area contributed by atoms with Gasteiger partial charge in [-0.15, -0.1) is 11.8 Å². The van der Waals surface area contributed by atoms with E-state index < -0.39 is 0 Å². The molecule has 2 aliphatic heterocycles. The molecular formula is C15H20N2O3S. The summed E-state index contributed by atoms with van der Waals surface area (Å²) in [6, 6.07) is 7.58. The molecule has 1 saturated heterocycles. The maximum absolute atomic E-state index is 12.4. The van der Waals surface area contributed by atoms with E-state index in [1.807, 2.05) is 36.1 Å². The summed E-state index contributed by atoms with van der Waals surface area (Å²) in [6.07, 6.45) is -0.113. The highest BCUT2D eigenvalue weighted by Gasteiger charge is 2.30. The predicted molar refractivity (Wildman–Crippen MR) is 82.9 cm³/mol. The number of hydrogen-bond acceptors (Lipinski definition) is 5. The zero-order valence-corrected chi connectivity index (χ0v) is 12.9. The summed E-state index contributed by atoms with van der Waals surface area (Å²) >= 11 is 1.76. The molecule has 2 aliphatic rings. The van der Waals surface area contributed by atoms with Gasteiger partial charge in [-0.05, 0) is 19.1 Å². The first-order valence-electron chi connectivity index (χ1n) is 7.26. The molecule has 0 radical (unpaired) electrons. The molecule has 0 bridgehead atoms. The molecule has 0 spiro atoms. The lowest BCUT2D eigenvalue weighted by Crippen LogP contribution is -2.49. The smallest absolute Gasteiger partial charge is 0.240 e. The number of ether oxygens (including phenoxy) is 2. The summed E-state index contributed by atoms with van der Waals surface area (Å²) in [5.74, 6) is 3.39. The van der Waals surface area contributed by atoms with Gasteiger partial charge in [0.25, 0.3) is 0 Å². The molecule has 1 aromatic carbocycles. The maximum Gasteiger partial charge on any atom is 0.240 e. The number of carbonyl (C=O) groups excluding carboxylic acids is 1. The van der Waals surface area contributed by atoms with Gasteiger partial charge in [0, 0.05) is 18.2 Å². The summed E-state index contributed by atoms with van der Waals surface area (Å²) in [7, 11) is 0. The van der Waals surface area contributed by atoms with E-state index in [1.54, 1.807) is 11.8 Å². The second-order valence-corrected chi connectivity index (χ2v) is 6.18. The third-order valence-electron chi connectivity index (χ3n) is 3.70. The molecule has 1 N–H and O–H groups in total. The van der Waals surface area contributed by atoms with Crippen molar-refractivity contribution in [3.05, 3.63) is 24.3 Å². The van der Waals surface area contributed by atoms with E-state index in [0.29, 0.717) is 19.7 Å². The van der Waals surface area contributed by atoms with Crippen LogP contribution in [0.25, 0.3) is 0 Å². The normalized spacial score (nSPS) is 23.9. The highest BCUT2D eigenvalue weighted by Crippen LogP contribution is 2.31. The molecule has 1 aromatic rings. The Labute approximate surface area is 129 Å². The summed E-state index contributed by atoms with van der Waals surface area (Å²) < 4.78 is 11.6. The molecule has 0 aliphatic carbocycles. The van der Waals surface area contributed by atoms with E-state index in [9.17, 15) is 4.79 Å². The Bertz CT molecular complexity index is 505. The Hall–Kier alpha value is -1.40. The highest BCUT2D eigenvalue weighted by atomic mass is 32.2.